The number of fused-ring (bicyclic) bond motifs is 1. The standard InChI is InChI=1S/C20H22N2O3S/c1-12(2)25-15-6-7-17-16(10-15)19(23)22(20(24)21-17)11-14-5-8-18(26-4)13(3)9-14/h5-10,12H,11H2,1-4H3,(H,21,24). The van der Waals surface area contributed by atoms with E-state index in [4.69, 9.17) is 4.74 Å². The van der Waals surface area contributed by atoms with Gasteiger partial charge in [0.1, 0.15) is 5.75 Å². The molecule has 0 radical (unpaired) electrons. The molecule has 26 heavy (non-hydrogen) atoms. The van der Waals surface area contributed by atoms with Crippen LogP contribution in [0.4, 0.5) is 0 Å². The van der Waals surface area contributed by atoms with Crippen LogP contribution in [-0.2, 0) is 6.54 Å². The summed E-state index contributed by atoms with van der Waals surface area (Å²) in [6.45, 7) is 6.11. The zero-order valence-corrected chi connectivity index (χ0v) is 16.1. The van der Waals surface area contributed by atoms with Gasteiger partial charge in [0.05, 0.1) is 23.6 Å². The Balaban J connectivity index is 2.06. The van der Waals surface area contributed by atoms with Crippen molar-refractivity contribution in [3.8, 4) is 5.75 Å². The Morgan fingerprint density at radius 3 is 2.58 bits per heavy atom. The maximum Gasteiger partial charge on any atom is 0.329 e. The van der Waals surface area contributed by atoms with E-state index in [-0.39, 0.29) is 18.2 Å². The maximum absolute atomic E-state index is 12.9. The van der Waals surface area contributed by atoms with Crippen molar-refractivity contribution in [3.63, 3.8) is 0 Å². The number of aromatic nitrogens is 2. The van der Waals surface area contributed by atoms with E-state index in [9.17, 15) is 9.59 Å². The van der Waals surface area contributed by atoms with Gasteiger partial charge in [-0.25, -0.2) is 4.79 Å². The lowest BCUT2D eigenvalue weighted by atomic mass is 10.1. The highest BCUT2D eigenvalue weighted by Gasteiger charge is 2.10. The number of hydrogen-bond acceptors (Lipinski definition) is 4. The molecular weight excluding hydrogens is 348 g/mol. The topological polar surface area (TPSA) is 64.1 Å². The predicted octanol–water partition coefficient (Wildman–Crippen LogP) is 3.56. The molecule has 0 unspecified atom stereocenters. The lowest BCUT2D eigenvalue weighted by Crippen LogP contribution is -2.35. The van der Waals surface area contributed by atoms with Gasteiger partial charge in [-0.2, -0.15) is 0 Å². The average molecular weight is 370 g/mol. The van der Waals surface area contributed by atoms with Gasteiger partial charge in [-0.1, -0.05) is 12.1 Å². The Hall–Kier alpha value is -2.47. The predicted molar refractivity (Wildman–Crippen MR) is 107 cm³/mol. The van der Waals surface area contributed by atoms with Crippen molar-refractivity contribution < 1.29 is 4.74 Å². The average Bonchev–Trinajstić information content (AvgIpc) is 2.59. The van der Waals surface area contributed by atoms with Crippen LogP contribution in [0.3, 0.4) is 0 Å². The quantitative estimate of drug-likeness (QED) is 0.698. The highest BCUT2D eigenvalue weighted by atomic mass is 32.2. The van der Waals surface area contributed by atoms with Crippen LogP contribution in [0, 0.1) is 6.92 Å². The van der Waals surface area contributed by atoms with Gasteiger partial charge in [0.25, 0.3) is 5.56 Å². The second kappa shape index (κ2) is 7.41. The molecule has 0 spiro atoms. The van der Waals surface area contributed by atoms with Crippen LogP contribution in [0.25, 0.3) is 10.9 Å². The van der Waals surface area contributed by atoms with Crippen LogP contribution in [0.15, 0.2) is 50.9 Å². The second-order valence-corrected chi connectivity index (χ2v) is 7.35. The lowest BCUT2D eigenvalue weighted by Gasteiger charge is -2.12. The van der Waals surface area contributed by atoms with E-state index < -0.39 is 5.69 Å². The molecule has 3 aromatic rings. The largest absolute Gasteiger partial charge is 0.491 e. The third-order valence-electron chi connectivity index (χ3n) is 4.13. The minimum atomic E-state index is -0.411. The van der Waals surface area contributed by atoms with Crippen molar-refractivity contribution >= 4 is 22.7 Å². The number of rotatable bonds is 5. The molecule has 0 bridgehead atoms. The third-order valence-corrected chi connectivity index (χ3v) is 5.02. The Labute approximate surface area is 156 Å². The van der Waals surface area contributed by atoms with Gasteiger partial charge in [0, 0.05) is 4.90 Å². The molecular formula is C20H22N2O3S. The summed E-state index contributed by atoms with van der Waals surface area (Å²) in [6.07, 6.45) is 2.03. The summed E-state index contributed by atoms with van der Waals surface area (Å²) >= 11 is 1.67. The van der Waals surface area contributed by atoms with E-state index in [1.165, 1.54) is 9.46 Å². The molecule has 0 aliphatic heterocycles. The molecule has 0 amide bonds. The van der Waals surface area contributed by atoms with Crippen molar-refractivity contribution in [2.45, 2.75) is 38.3 Å². The summed E-state index contributed by atoms with van der Waals surface area (Å²) in [4.78, 5) is 29.3. The fraction of sp³-hybridized carbons (Fsp3) is 0.300. The van der Waals surface area contributed by atoms with E-state index in [1.807, 2.05) is 45.2 Å². The summed E-state index contributed by atoms with van der Waals surface area (Å²) < 4.78 is 6.90. The van der Waals surface area contributed by atoms with Gasteiger partial charge in [0.15, 0.2) is 0 Å². The highest BCUT2D eigenvalue weighted by Crippen LogP contribution is 2.21. The van der Waals surface area contributed by atoms with Crippen LogP contribution in [0.2, 0.25) is 0 Å². The van der Waals surface area contributed by atoms with Crippen LogP contribution in [0.5, 0.6) is 5.75 Å². The number of thioether (sulfide) groups is 1. The van der Waals surface area contributed by atoms with E-state index >= 15 is 0 Å². The molecule has 5 nitrogen and oxygen atoms in total. The van der Waals surface area contributed by atoms with Gasteiger partial charge in [-0.3, -0.25) is 9.36 Å². The van der Waals surface area contributed by atoms with Crippen LogP contribution >= 0.6 is 11.8 Å². The fourth-order valence-electron chi connectivity index (χ4n) is 2.94. The molecule has 1 heterocycles. The van der Waals surface area contributed by atoms with Crippen molar-refractivity contribution in [3.05, 3.63) is 68.4 Å². The normalized spacial score (nSPS) is 11.3. The molecule has 2 aromatic carbocycles. The second-order valence-electron chi connectivity index (χ2n) is 6.50. The summed E-state index contributed by atoms with van der Waals surface area (Å²) in [5, 5.41) is 0.445. The number of aryl methyl sites for hydroxylation is 1. The zero-order valence-electron chi connectivity index (χ0n) is 15.3. The van der Waals surface area contributed by atoms with Gasteiger partial charge in [0.2, 0.25) is 0 Å². The molecule has 0 fully saturated rings. The van der Waals surface area contributed by atoms with Crippen molar-refractivity contribution in [2.24, 2.45) is 0 Å². The minimum absolute atomic E-state index is 0.00959. The molecule has 6 heteroatoms. The van der Waals surface area contributed by atoms with Crippen LogP contribution in [-0.4, -0.2) is 21.9 Å². The third kappa shape index (κ3) is 3.70. The molecule has 0 saturated heterocycles. The molecule has 136 valence electrons. The Bertz CT molecular complexity index is 1070. The first-order chi connectivity index (χ1) is 12.4. The van der Waals surface area contributed by atoms with Crippen molar-refractivity contribution in [2.75, 3.05) is 6.26 Å². The summed E-state index contributed by atoms with van der Waals surface area (Å²) in [7, 11) is 0. The molecule has 1 N–H and O–H groups in total. The maximum atomic E-state index is 12.9. The van der Waals surface area contributed by atoms with Crippen LogP contribution < -0.4 is 16.0 Å². The number of ether oxygens (including phenoxy) is 1. The monoisotopic (exact) mass is 370 g/mol. The Kier molecular flexibility index (Phi) is 5.23. The first-order valence-corrected chi connectivity index (χ1v) is 9.68. The van der Waals surface area contributed by atoms with Gasteiger partial charge in [-0.15, -0.1) is 11.8 Å². The molecule has 0 aliphatic carbocycles. The summed E-state index contributed by atoms with van der Waals surface area (Å²) in [5.74, 6) is 0.614. The minimum Gasteiger partial charge on any atom is -0.491 e. The summed E-state index contributed by atoms with van der Waals surface area (Å²) in [6, 6.07) is 11.1. The first kappa shape index (κ1) is 18.3. The van der Waals surface area contributed by atoms with Gasteiger partial charge < -0.3 is 9.72 Å². The SMILES string of the molecule is CSc1ccc(Cn2c(=O)[nH]c3ccc(OC(C)C)cc3c2=O)cc1C. The fourth-order valence-corrected chi connectivity index (χ4v) is 3.53. The lowest BCUT2D eigenvalue weighted by molar-refractivity contribution is 0.242. The number of hydrogen-bond donors (Lipinski definition) is 1. The Morgan fingerprint density at radius 1 is 1.15 bits per heavy atom. The molecule has 3 rings (SSSR count). The van der Waals surface area contributed by atoms with E-state index in [1.54, 1.807) is 30.0 Å². The zero-order chi connectivity index (χ0) is 18.8. The van der Waals surface area contributed by atoms with Gasteiger partial charge in [-0.05, 0) is 62.4 Å². The van der Waals surface area contributed by atoms with E-state index in [0.717, 1.165) is 11.1 Å². The number of nitrogens with one attached hydrogen (secondary N) is 1. The Morgan fingerprint density at radius 2 is 1.92 bits per heavy atom. The number of aromatic amines is 1. The first-order valence-electron chi connectivity index (χ1n) is 8.46. The summed E-state index contributed by atoms with van der Waals surface area (Å²) in [5.41, 5.74) is 1.84. The number of benzene rings is 2. The number of H-pyrrole nitrogens is 1. The molecule has 0 saturated carbocycles. The van der Waals surface area contributed by atoms with E-state index in [2.05, 4.69) is 4.98 Å². The smallest absolute Gasteiger partial charge is 0.329 e. The van der Waals surface area contributed by atoms with Crippen molar-refractivity contribution in [1.82, 2.24) is 9.55 Å². The van der Waals surface area contributed by atoms with Gasteiger partial charge >= 0.3 is 5.69 Å². The van der Waals surface area contributed by atoms with Crippen LogP contribution in [0.1, 0.15) is 25.0 Å². The number of nitrogens with zero attached hydrogens (tertiary/aromatic N) is 1. The molecule has 0 aliphatic rings. The highest BCUT2D eigenvalue weighted by molar-refractivity contribution is 7.98. The molecule has 1 aromatic heterocycles. The molecule has 0 atom stereocenters. The van der Waals surface area contributed by atoms with E-state index in [0.29, 0.717) is 16.7 Å². The van der Waals surface area contributed by atoms with Crippen molar-refractivity contribution in [1.29, 1.82) is 0 Å².